The molecule has 0 radical (unpaired) electrons. The maximum atomic E-state index is 12.4. The molecule has 0 aliphatic carbocycles. The second kappa shape index (κ2) is 7.76. The molecule has 1 amide bonds. The number of benzene rings is 2. The molecular formula is C18H11Cl2F2NO3. The fourth-order valence-electron chi connectivity index (χ4n) is 2.25. The standard InChI is InChI=1S/C18H11Cl2F2NO3/c19-10-5-6-11(12(20)9-10)14-7-8-16(25-14)17(24)23-13-3-1-2-4-15(13)26-18(21)22/h1-9,18H,(H,23,24). The molecule has 26 heavy (non-hydrogen) atoms. The molecule has 1 heterocycles. The second-order valence-electron chi connectivity index (χ2n) is 5.12. The average Bonchev–Trinajstić information content (AvgIpc) is 3.06. The third-order valence-corrected chi connectivity index (χ3v) is 3.93. The molecule has 0 aliphatic heterocycles. The Bertz CT molecular complexity index is 944. The molecule has 0 bridgehead atoms. The molecule has 0 fully saturated rings. The van der Waals surface area contributed by atoms with Crippen molar-refractivity contribution >= 4 is 34.8 Å². The summed E-state index contributed by atoms with van der Waals surface area (Å²) in [5.41, 5.74) is 0.664. The molecule has 3 rings (SSSR count). The highest BCUT2D eigenvalue weighted by Crippen LogP contribution is 2.32. The maximum absolute atomic E-state index is 12.4. The van der Waals surface area contributed by atoms with E-state index in [-0.39, 0.29) is 17.2 Å². The minimum absolute atomic E-state index is 0.0159. The minimum Gasteiger partial charge on any atom is -0.451 e. The number of para-hydroxylation sites is 2. The third kappa shape index (κ3) is 4.15. The Hall–Kier alpha value is -2.57. The Balaban J connectivity index is 1.81. The molecule has 1 aromatic heterocycles. The van der Waals surface area contributed by atoms with E-state index in [9.17, 15) is 13.6 Å². The monoisotopic (exact) mass is 397 g/mol. The molecule has 2 aromatic carbocycles. The Labute approximate surface area is 157 Å². The molecular weight excluding hydrogens is 387 g/mol. The topological polar surface area (TPSA) is 51.5 Å². The fourth-order valence-corrected chi connectivity index (χ4v) is 2.75. The van der Waals surface area contributed by atoms with Gasteiger partial charge in [0.05, 0.1) is 10.7 Å². The molecule has 0 saturated carbocycles. The van der Waals surface area contributed by atoms with Crippen LogP contribution >= 0.6 is 23.2 Å². The Morgan fingerprint density at radius 3 is 2.58 bits per heavy atom. The zero-order chi connectivity index (χ0) is 18.7. The number of halogens is 4. The summed E-state index contributed by atoms with van der Waals surface area (Å²) in [6.45, 7) is -3.00. The van der Waals surface area contributed by atoms with Crippen LogP contribution in [0.15, 0.2) is 59.0 Å². The zero-order valence-electron chi connectivity index (χ0n) is 13.0. The molecule has 1 N–H and O–H groups in total. The molecule has 0 unspecified atom stereocenters. The Morgan fingerprint density at radius 2 is 1.85 bits per heavy atom. The van der Waals surface area contributed by atoms with Crippen molar-refractivity contribution in [2.45, 2.75) is 6.61 Å². The summed E-state index contributed by atoms with van der Waals surface area (Å²) < 4.78 is 34.8. The van der Waals surface area contributed by atoms with E-state index in [1.165, 1.54) is 24.3 Å². The summed E-state index contributed by atoms with van der Waals surface area (Å²) in [4.78, 5) is 12.3. The predicted molar refractivity (Wildman–Crippen MR) is 95.2 cm³/mol. The van der Waals surface area contributed by atoms with E-state index in [0.717, 1.165) is 0 Å². The molecule has 0 atom stereocenters. The number of carbonyl (C=O) groups excluding carboxylic acids is 1. The zero-order valence-corrected chi connectivity index (χ0v) is 14.5. The van der Waals surface area contributed by atoms with Crippen molar-refractivity contribution in [3.05, 3.63) is 70.4 Å². The number of carbonyl (C=O) groups is 1. The average molecular weight is 398 g/mol. The quantitative estimate of drug-likeness (QED) is 0.565. The van der Waals surface area contributed by atoms with Crippen molar-refractivity contribution < 1.29 is 22.7 Å². The van der Waals surface area contributed by atoms with Gasteiger partial charge in [-0.25, -0.2) is 0 Å². The van der Waals surface area contributed by atoms with Crippen LogP contribution in [-0.4, -0.2) is 12.5 Å². The minimum atomic E-state index is -3.00. The smallest absolute Gasteiger partial charge is 0.387 e. The molecule has 0 spiro atoms. The van der Waals surface area contributed by atoms with Gasteiger partial charge in [-0.05, 0) is 42.5 Å². The van der Waals surface area contributed by atoms with E-state index < -0.39 is 12.5 Å². The number of anilines is 1. The first-order chi connectivity index (χ1) is 12.4. The number of furan rings is 1. The fraction of sp³-hybridized carbons (Fsp3) is 0.0556. The SMILES string of the molecule is O=C(Nc1ccccc1OC(F)F)c1ccc(-c2ccc(Cl)cc2Cl)o1. The van der Waals surface area contributed by atoms with Crippen molar-refractivity contribution in [1.29, 1.82) is 0 Å². The van der Waals surface area contributed by atoms with Gasteiger partial charge in [0.15, 0.2) is 5.76 Å². The molecule has 0 aliphatic rings. The van der Waals surface area contributed by atoms with E-state index >= 15 is 0 Å². The number of nitrogens with one attached hydrogen (secondary N) is 1. The van der Waals surface area contributed by atoms with Crippen LogP contribution in [0.5, 0.6) is 5.75 Å². The van der Waals surface area contributed by atoms with Crippen LogP contribution in [-0.2, 0) is 0 Å². The lowest BCUT2D eigenvalue weighted by Gasteiger charge is -2.10. The van der Waals surface area contributed by atoms with E-state index in [4.69, 9.17) is 27.6 Å². The first-order valence-corrected chi connectivity index (χ1v) is 8.10. The Kier molecular flexibility index (Phi) is 5.44. The summed E-state index contributed by atoms with van der Waals surface area (Å²) in [5, 5.41) is 3.32. The normalized spacial score (nSPS) is 10.8. The number of amides is 1. The molecule has 3 aromatic rings. The number of ether oxygens (including phenoxy) is 1. The van der Waals surface area contributed by atoms with Crippen LogP contribution in [0.4, 0.5) is 14.5 Å². The highest BCUT2D eigenvalue weighted by molar-refractivity contribution is 6.36. The van der Waals surface area contributed by atoms with Crippen LogP contribution in [0.2, 0.25) is 10.0 Å². The van der Waals surface area contributed by atoms with Gasteiger partial charge < -0.3 is 14.5 Å². The lowest BCUT2D eigenvalue weighted by molar-refractivity contribution is -0.0493. The van der Waals surface area contributed by atoms with Crippen molar-refractivity contribution in [3.63, 3.8) is 0 Å². The number of hydrogen-bond acceptors (Lipinski definition) is 3. The molecule has 4 nitrogen and oxygen atoms in total. The summed E-state index contributed by atoms with van der Waals surface area (Å²) in [6, 6.07) is 13.7. The van der Waals surface area contributed by atoms with Gasteiger partial charge >= 0.3 is 6.61 Å². The van der Waals surface area contributed by atoms with E-state index in [2.05, 4.69) is 10.1 Å². The van der Waals surface area contributed by atoms with Crippen molar-refractivity contribution in [1.82, 2.24) is 0 Å². The van der Waals surface area contributed by atoms with Gasteiger partial charge in [-0.1, -0.05) is 35.3 Å². The third-order valence-electron chi connectivity index (χ3n) is 3.38. The number of hydrogen-bond donors (Lipinski definition) is 1. The summed E-state index contributed by atoms with van der Waals surface area (Å²) in [7, 11) is 0. The van der Waals surface area contributed by atoms with E-state index in [0.29, 0.717) is 21.4 Å². The second-order valence-corrected chi connectivity index (χ2v) is 5.96. The van der Waals surface area contributed by atoms with Gasteiger partial charge in [0.1, 0.15) is 11.5 Å². The Morgan fingerprint density at radius 1 is 1.08 bits per heavy atom. The van der Waals surface area contributed by atoms with Gasteiger partial charge in [0.2, 0.25) is 0 Å². The number of rotatable bonds is 5. The van der Waals surface area contributed by atoms with Crippen molar-refractivity contribution in [2.24, 2.45) is 0 Å². The highest BCUT2D eigenvalue weighted by Gasteiger charge is 2.17. The predicted octanol–water partition coefficient (Wildman–Crippen LogP) is 6.11. The van der Waals surface area contributed by atoms with Gasteiger partial charge in [-0.15, -0.1) is 0 Å². The van der Waals surface area contributed by atoms with Gasteiger partial charge in [0, 0.05) is 10.6 Å². The van der Waals surface area contributed by atoms with E-state index in [1.54, 1.807) is 30.3 Å². The van der Waals surface area contributed by atoms with Crippen LogP contribution in [0.3, 0.4) is 0 Å². The van der Waals surface area contributed by atoms with Crippen molar-refractivity contribution in [2.75, 3.05) is 5.32 Å². The van der Waals surface area contributed by atoms with Crippen LogP contribution in [0.25, 0.3) is 11.3 Å². The number of alkyl halides is 2. The van der Waals surface area contributed by atoms with Gasteiger partial charge in [-0.2, -0.15) is 8.78 Å². The largest absolute Gasteiger partial charge is 0.451 e. The summed E-state index contributed by atoms with van der Waals surface area (Å²) in [6.07, 6.45) is 0. The first kappa shape index (κ1) is 18.2. The van der Waals surface area contributed by atoms with Gasteiger partial charge in [-0.3, -0.25) is 4.79 Å². The molecule has 0 saturated heterocycles. The van der Waals surface area contributed by atoms with Crippen LogP contribution in [0, 0.1) is 0 Å². The summed E-state index contributed by atoms with van der Waals surface area (Å²) >= 11 is 12.0. The van der Waals surface area contributed by atoms with Crippen LogP contribution in [0.1, 0.15) is 10.6 Å². The molecule has 134 valence electrons. The van der Waals surface area contributed by atoms with Crippen LogP contribution < -0.4 is 10.1 Å². The lowest BCUT2D eigenvalue weighted by Crippen LogP contribution is -2.13. The van der Waals surface area contributed by atoms with E-state index in [1.807, 2.05) is 0 Å². The maximum Gasteiger partial charge on any atom is 0.387 e. The van der Waals surface area contributed by atoms with Gasteiger partial charge in [0.25, 0.3) is 5.91 Å². The lowest BCUT2D eigenvalue weighted by atomic mass is 10.2. The summed E-state index contributed by atoms with van der Waals surface area (Å²) in [5.74, 6) is -0.415. The van der Waals surface area contributed by atoms with Crippen molar-refractivity contribution in [3.8, 4) is 17.1 Å². The molecule has 8 heteroatoms. The first-order valence-electron chi connectivity index (χ1n) is 7.34. The highest BCUT2D eigenvalue weighted by atomic mass is 35.5.